The van der Waals surface area contributed by atoms with Crippen molar-refractivity contribution in [2.75, 3.05) is 11.4 Å². The number of nitrogens with zero attached hydrogens (tertiary/aromatic N) is 2. The van der Waals surface area contributed by atoms with Crippen LogP contribution in [0.25, 0.3) is 11.3 Å². The van der Waals surface area contributed by atoms with Gasteiger partial charge >= 0.3 is 0 Å². The molecule has 0 aliphatic carbocycles. The molecule has 0 N–H and O–H groups in total. The molecule has 0 spiro atoms. The monoisotopic (exact) mass is 316 g/mol. The quantitative estimate of drug-likeness (QED) is 0.797. The summed E-state index contributed by atoms with van der Waals surface area (Å²) in [5, 5.41) is 0. The number of rotatable bonds is 2. The molecule has 3 rings (SSSR count). The molecular formula is C15H13BrN2O. The highest BCUT2D eigenvalue weighted by Crippen LogP contribution is 2.26. The molecule has 0 bridgehead atoms. The average Bonchev–Trinajstić information content (AvgIpc) is 2.79. The zero-order valence-electron chi connectivity index (χ0n) is 10.3. The van der Waals surface area contributed by atoms with Crippen LogP contribution in [0, 0.1) is 0 Å². The van der Waals surface area contributed by atoms with E-state index >= 15 is 0 Å². The van der Waals surface area contributed by atoms with Crippen molar-refractivity contribution in [3.05, 3.63) is 48.7 Å². The van der Waals surface area contributed by atoms with Crippen LogP contribution in [-0.4, -0.2) is 22.3 Å². The molecule has 0 radical (unpaired) electrons. The Morgan fingerprint density at radius 3 is 2.53 bits per heavy atom. The van der Waals surface area contributed by atoms with Gasteiger partial charge in [0.1, 0.15) is 0 Å². The van der Waals surface area contributed by atoms with Crippen molar-refractivity contribution in [3.8, 4) is 11.3 Å². The van der Waals surface area contributed by atoms with Gasteiger partial charge in [-0.2, -0.15) is 0 Å². The van der Waals surface area contributed by atoms with E-state index in [9.17, 15) is 4.79 Å². The van der Waals surface area contributed by atoms with Crippen LogP contribution in [-0.2, 0) is 4.79 Å². The Kier molecular flexibility index (Phi) is 3.34. The van der Waals surface area contributed by atoms with Crippen LogP contribution in [0.3, 0.4) is 0 Å². The summed E-state index contributed by atoms with van der Waals surface area (Å²) in [7, 11) is 0. The highest BCUT2D eigenvalue weighted by atomic mass is 79.9. The molecule has 1 aliphatic rings. The zero-order chi connectivity index (χ0) is 13.2. The lowest BCUT2D eigenvalue weighted by Crippen LogP contribution is -2.24. The van der Waals surface area contributed by atoms with Gasteiger partial charge in [-0.05, 0) is 12.1 Å². The topological polar surface area (TPSA) is 33.2 Å². The van der Waals surface area contributed by atoms with Crippen LogP contribution in [0.15, 0.2) is 48.7 Å². The lowest BCUT2D eigenvalue weighted by atomic mass is 10.1. The van der Waals surface area contributed by atoms with E-state index in [-0.39, 0.29) is 10.7 Å². The fourth-order valence-corrected chi connectivity index (χ4v) is 2.81. The van der Waals surface area contributed by atoms with Crippen molar-refractivity contribution >= 4 is 27.5 Å². The fraction of sp³-hybridized carbons (Fsp3) is 0.200. The predicted octanol–water partition coefficient (Wildman–Crippen LogP) is 3.25. The van der Waals surface area contributed by atoms with E-state index in [1.165, 1.54) is 0 Å². The molecule has 1 atom stereocenters. The van der Waals surface area contributed by atoms with Crippen LogP contribution < -0.4 is 4.90 Å². The number of pyridine rings is 1. The van der Waals surface area contributed by atoms with Gasteiger partial charge in [-0.15, -0.1) is 0 Å². The predicted molar refractivity (Wildman–Crippen MR) is 79.4 cm³/mol. The number of hydrogen-bond acceptors (Lipinski definition) is 2. The van der Waals surface area contributed by atoms with Crippen molar-refractivity contribution in [2.24, 2.45) is 0 Å². The van der Waals surface area contributed by atoms with Gasteiger partial charge in [0.2, 0.25) is 5.91 Å². The van der Waals surface area contributed by atoms with Crippen LogP contribution in [0.1, 0.15) is 6.42 Å². The first-order valence-electron chi connectivity index (χ1n) is 6.20. The summed E-state index contributed by atoms with van der Waals surface area (Å²) >= 11 is 3.48. The van der Waals surface area contributed by atoms with Crippen molar-refractivity contribution in [2.45, 2.75) is 11.2 Å². The molecule has 1 aromatic carbocycles. The Labute approximate surface area is 120 Å². The molecule has 1 saturated heterocycles. The fourth-order valence-electron chi connectivity index (χ4n) is 2.24. The summed E-state index contributed by atoms with van der Waals surface area (Å²) in [6.45, 7) is 0.713. The van der Waals surface area contributed by atoms with E-state index in [0.717, 1.165) is 16.9 Å². The highest BCUT2D eigenvalue weighted by Gasteiger charge is 2.28. The van der Waals surface area contributed by atoms with Crippen molar-refractivity contribution in [1.82, 2.24) is 4.98 Å². The number of halogens is 1. The molecule has 1 unspecified atom stereocenters. The van der Waals surface area contributed by atoms with Gasteiger partial charge in [0.05, 0.1) is 17.6 Å². The van der Waals surface area contributed by atoms with Crippen LogP contribution in [0.2, 0.25) is 0 Å². The summed E-state index contributed by atoms with van der Waals surface area (Å²) < 4.78 is 0. The van der Waals surface area contributed by atoms with Gasteiger partial charge in [-0.25, -0.2) is 0 Å². The van der Waals surface area contributed by atoms with E-state index in [1.807, 2.05) is 42.5 Å². The number of hydrogen-bond donors (Lipinski definition) is 0. The molecule has 0 saturated carbocycles. The van der Waals surface area contributed by atoms with Crippen LogP contribution in [0.4, 0.5) is 5.69 Å². The molecule has 96 valence electrons. The Bertz CT molecular complexity index is 583. The molecule has 2 heterocycles. The SMILES string of the molecule is O=C1CC(Br)CN1c1ccc(-c2ccccc2)nc1. The molecular weight excluding hydrogens is 304 g/mol. The molecule has 3 nitrogen and oxygen atoms in total. The maximum absolute atomic E-state index is 11.8. The molecule has 1 aromatic heterocycles. The minimum atomic E-state index is 0.149. The number of anilines is 1. The average molecular weight is 317 g/mol. The zero-order valence-corrected chi connectivity index (χ0v) is 11.9. The first-order valence-corrected chi connectivity index (χ1v) is 7.11. The number of aromatic nitrogens is 1. The van der Waals surface area contributed by atoms with Gasteiger partial charge in [0.25, 0.3) is 0 Å². The van der Waals surface area contributed by atoms with Gasteiger partial charge in [0, 0.05) is 23.4 Å². The van der Waals surface area contributed by atoms with Crippen LogP contribution >= 0.6 is 15.9 Å². The normalized spacial score (nSPS) is 18.9. The minimum Gasteiger partial charge on any atom is -0.310 e. The molecule has 1 fully saturated rings. The molecule has 4 heteroatoms. The first-order chi connectivity index (χ1) is 9.24. The third-order valence-electron chi connectivity index (χ3n) is 3.21. The second-order valence-electron chi connectivity index (χ2n) is 4.57. The van der Waals surface area contributed by atoms with Crippen molar-refractivity contribution in [1.29, 1.82) is 0 Å². The van der Waals surface area contributed by atoms with E-state index in [0.29, 0.717) is 13.0 Å². The molecule has 1 amide bonds. The number of benzene rings is 1. The van der Waals surface area contributed by atoms with E-state index in [1.54, 1.807) is 11.1 Å². The standard InChI is InChI=1S/C15H13BrN2O/c16-12-8-15(19)18(10-12)13-6-7-14(17-9-13)11-4-2-1-3-5-11/h1-7,9,12H,8,10H2. The molecule has 19 heavy (non-hydrogen) atoms. The van der Waals surface area contributed by atoms with Gasteiger partial charge < -0.3 is 4.90 Å². The van der Waals surface area contributed by atoms with Crippen molar-refractivity contribution < 1.29 is 4.79 Å². The number of alkyl halides is 1. The maximum atomic E-state index is 11.8. The van der Waals surface area contributed by atoms with E-state index < -0.39 is 0 Å². The first kappa shape index (κ1) is 12.4. The third kappa shape index (κ3) is 2.54. The summed E-state index contributed by atoms with van der Waals surface area (Å²) in [6, 6.07) is 13.9. The maximum Gasteiger partial charge on any atom is 0.228 e. The van der Waals surface area contributed by atoms with Crippen LogP contribution in [0.5, 0.6) is 0 Å². The Morgan fingerprint density at radius 1 is 1.16 bits per heavy atom. The highest BCUT2D eigenvalue weighted by molar-refractivity contribution is 9.09. The summed E-state index contributed by atoms with van der Waals surface area (Å²) in [5.74, 6) is 0.149. The second-order valence-corrected chi connectivity index (χ2v) is 5.87. The smallest absolute Gasteiger partial charge is 0.228 e. The Morgan fingerprint density at radius 2 is 1.95 bits per heavy atom. The summed E-state index contributed by atoms with van der Waals surface area (Å²) in [4.78, 5) is 18.3. The van der Waals surface area contributed by atoms with Gasteiger partial charge in [-0.3, -0.25) is 9.78 Å². The van der Waals surface area contributed by atoms with Crippen molar-refractivity contribution in [3.63, 3.8) is 0 Å². The summed E-state index contributed by atoms with van der Waals surface area (Å²) in [5.41, 5.74) is 2.87. The van der Waals surface area contributed by atoms with E-state index in [4.69, 9.17) is 0 Å². The number of carbonyl (C=O) groups excluding carboxylic acids is 1. The van der Waals surface area contributed by atoms with E-state index in [2.05, 4.69) is 20.9 Å². The second kappa shape index (κ2) is 5.13. The van der Waals surface area contributed by atoms with Gasteiger partial charge in [-0.1, -0.05) is 46.3 Å². The Hall–Kier alpha value is -1.68. The summed E-state index contributed by atoms with van der Waals surface area (Å²) in [6.07, 6.45) is 2.33. The lowest BCUT2D eigenvalue weighted by Gasteiger charge is -2.15. The number of amides is 1. The third-order valence-corrected chi connectivity index (χ3v) is 3.82. The lowest BCUT2D eigenvalue weighted by molar-refractivity contribution is -0.117. The molecule has 1 aliphatic heterocycles. The minimum absolute atomic E-state index is 0.149. The largest absolute Gasteiger partial charge is 0.310 e. The number of carbonyl (C=O) groups is 1. The van der Waals surface area contributed by atoms with Gasteiger partial charge in [0.15, 0.2) is 0 Å². The Balaban J connectivity index is 1.86. The molecule has 2 aromatic rings.